The topological polar surface area (TPSA) is 44.4 Å². The number of halogens is 2. The maximum atomic E-state index is 13.5. The number of nitrogens with zero attached hydrogens (tertiary/aromatic N) is 1. The standard InChI is InChI=1S/C17H19F2N3O/c1-22(2)16(12-6-4-3-5-7-12)11-20-17(23)21-15-9-8-13(18)10-14(15)19/h3-10,16H,11H2,1-2H3,(H2,20,21,23). The van der Waals surface area contributed by atoms with Crippen LogP contribution in [0.2, 0.25) is 0 Å². The van der Waals surface area contributed by atoms with Gasteiger partial charge in [-0.2, -0.15) is 0 Å². The molecular weight excluding hydrogens is 300 g/mol. The summed E-state index contributed by atoms with van der Waals surface area (Å²) < 4.78 is 26.4. The predicted molar refractivity (Wildman–Crippen MR) is 86.2 cm³/mol. The van der Waals surface area contributed by atoms with Gasteiger partial charge in [0.25, 0.3) is 0 Å². The number of hydrogen-bond acceptors (Lipinski definition) is 2. The van der Waals surface area contributed by atoms with Crippen molar-refractivity contribution < 1.29 is 13.6 Å². The molecule has 0 heterocycles. The largest absolute Gasteiger partial charge is 0.336 e. The summed E-state index contributed by atoms with van der Waals surface area (Å²) in [6.45, 7) is 0.353. The molecule has 0 aliphatic carbocycles. The molecule has 0 radical (unpaired) electrons. The van der Waals surface area contributed by atoms with E-state index in [0.717, 1.165) is 17.7 Å². The van der Waals surface area contributed by atoms with Gasteiger partial charge in [-0.25, -0.2) is 13.6 Å². The van der Waals surface area contributed by atoms with E-state index in [1.807, 2.05) is 49.3 Å². The molecule has 0 fully saturated rings. The number of urea groups is 1. The van der Waals surface area contributed by atoms with E-state index < -0.39 is 17.7 Å². The lowest BCUT2D eigenvalue weighted by Gasteiger charge is -2.25. The summed E-state index contributed by atoms with van der Waals surface area (Å²) in [7, 11) is 3.83. The molecule has 0 saturated heterocycles. The molecule has 4 nitrogen and oxygen atoms in total. The number of benzene rings is 2. The summed E-state index contributed by atoms with van der Waals surface area (Å²) in [5.74, 6) is -1.50. The smallest absolute Gasteiger partial charge is 0.319 e. The number of nitrogens with one attached hydrogen (secondary N) is 2. The number of carbonyl (C=O) groups excluding carboxylic acids is 1. The highest BCUT2D eigenvalue weighted by Gasteiger charge is 2.15. The molecule has 1 unspecified atom stereocenters. The molecule has 2 aromatic carbocycles. The second-order valence-corrected chi connectivity index (χ2v) is 5.35. The molecule has 23 heavy (non-hydrogen) atoms. The molecule has 0 aliphatic heterocycles. The lowest BCUT2D eigenvalue weighted by Crippen LogP contribution is -2.37. The van der Waals surface area contributed by atoms with Gasteiger partial charge in [0, 0.05) is 12.6 Å². The Labute approximate surface area is 134 Å². The fourth-order valence-corrected chi connectivity index (χ4v) is 2.22. The maximum Gasteiger partial charge on any atom is 0.319 e. The summed E-state index contributed by atoms with van der Waals surface area (Å²) in [6.07, 6.45) is 0. The van der Waals surface area contributed by atoms with Crippen LogP contribution in [-0.2, 0) is 0 Å². The van der Waals surface area contributed by atoms with E-state index in [9.17, 15) is 13.6 Å². The zero-order chi connectivity index (χ0) is 16.8. The fourth-order valence-electron chi connectivity index (χ4n) is 2.22. The van der Waals surface area contributed by atoms with E-state index in [2.05, 4.69) is 10.6 Å². The molecule has 6 heteroatoms. The van der Waals surface area contributed by atoms with E-state index in [1.165, 1.54) is 6.07 Å². The highest BCUT2D eigenvalue weighted by molar-refractivity contribution is 5.89. The molecule has 0 aliphatic rings. The first-order valence-corrected chi connectivity index (χ1v) is 7.18. The molecule has 0 bridgehead atoms. The monoisotopic (exact) mass is 319 g/mol. The Morgan fingerprint density at radius 2 is 1.83 bits per heavy atom. The minimum Gasteiger partial charge on any atom is -0.336 e. The normalized spacial score (nSPS) is 12.0. The van der Waals surface area contributed by atoms with Gasteiger partial charge in [0.05, 0.1) is 11.7 Å². The zero-order valence-electron chi connectivity index (χ0n) is 13.0. The summed E-state index contributed by atoms with van der Waals surface area (Å²) in [6, 6.07) is 12.2. The van der Waals surface area contributed by atoms with Crippen molar-refractivity contribution in [3.63, 3.8) is 0 Å². The summed E-state index contributed by atoms with van der Waals surface area (Å²) in [5, 5.41) is 5.07. The van der Waals surface area contributed by atoms with Crippen LogP contribution in [0.3, 0.4) is 0 Å². The van der Waals surface area contributed by atoms with E-state index in [4.69, 9.17) is 0 Å². The van der Waals surface area contributed by atoms with Crippen LogP contribution < -0.4 is 10.6 Å². The SMILES string of the molecule is CN(C)C(CNC(=O)Nc1ccc(F)cc1F)c1ccccc1. The Bertz CT molecular complexity index is 662. The van der Waals surface area contributed by atoms with Gasteiger partial charge < -0.3 is 15.5 Å². The summed E-state index contributed by atoms with van der Waals surface area (Å²) >= 11 is 0. The van der Waals surface area contributed by atoms with Crippen molar-refractivity contribution in [3.8, 4) is 0 Å². The second-order valence-electron chi connectivity index (χ2n) is 5.35. The van der Waals surface area contributed by atoms with Gasteiger partial charge in [-0.05, 0) is 31.8 Å². The van der Waals surface area contributed by atoms with Gasteiger partial charge in [-0.1, -0.05) is 30.3 Å². The minimum atomic E-state index is -0.813. The van der Waals surface area contributed by atoms with Gasteiger partial charge in [0.1, 0.15) is 11.6 Å². The highest BCUT2D eigenvalue weighted by atomic mass is 19.1. The fraction of sp³-hybridized carbons (Fsp3) is 0.235. The molecule has 0 aromatic heterocycles. The molecule has 0 saturated carbocycles. The van der Waals surface area contributed by atoms with Crippen molar-refractivity contribution >= 4 is 11.7 Å². The second kappa shape index (κ2) is 7.69. The molecular formula is C17H19F2N3O. The van der Waals surface area contributed by atoms with Gasteiger partial charge in [-0.15, -0.1) is 0 Å². The van der Waals surface area contributed by atoms with Gasteiger partial charge in [0.15, 0.2) is 0 Å². The van der Waals surface area contributed by atoms with Crippen LogP contribution in [0.4, 0.5) is 19.3 Å². The predicted octanol–water partition coefficient (Wildman–Crippen LogP) is 3.39. The van der Waals surface area contributed by atoms with Crippen molar-refractivity contribution in [1.82, 2.24) is 10.2 Å². The quantitative estimate of drug-likeness (QED) is 0.887. The Kier molecular flexibility index (Phi) is 5.65. The van der Waals surface area contributed by atoms with Crippen LogP contribution in [0.1, 0.15) is 11.6 Å². The number of amides is 2. The van der Waals surface area contributed by atoms with Crippen molar-refractivity contribution in [3.05, 3.63) is 65.7 Å². The molecule has 122 valence electrons. The van der Waals surface area contributed by atoms with Gasteiger partial charge in [0.2, 0.25) is 0 Å². The highest BCUT2D eigenvalue weighted by Crippen LogP contribution is 2.17. The number of likely N-dealkylation sites (N-methyl/N-ethyl adjacent to an activating group) is 1. The Morgan fingerprint density at radius 3 is 2.43 bits per heavy atom. The van der Waals surface area contributed by atoms with E-state index >= 15 is 0 Å². The third kappa shape index (κ3) is 4.75. The number of hydrogen-bond donors (Lipinski definition) is 2. The molecule has 2 aromatic rings. The molecule has 1 atom stereocenters. The van der Waals surface area contributed by atoms with E-state index in [1.54, 1.807) is 0 Å². The van der Waals surface area contributed by atoms with Crippen molar-refractivity contribution in [1.29, 1.82) is 0 Å². The third-order valence-electron chi connectivity index (χ3n) is 3.44. The van der Waals surface area contributed by atoms with Crippen LogP contribution in [-0.4, -0.2) is 31.6 Å². The first kappa shape index (κ1) is 16.9. The third-order valence-corrected chi connectivity index (χ3v) is 3.44. The van der Waals surface area contributed by atoms with E-state index in [-0.39, 0.29) is 11.7 Å². The zero-order valence-corrected chi connectivity index (χ0v) is 13.0. The van der Waals surface area contributed by atoms with Crippen LogP contribution in [0.25, 0.3) is 0 Å². The lowest BCUT2D eigenvalue weighted by atomic mass is 10.1. The molecule has 2 rings (SSSR count). The molecule has 2 amide bonds. The van der Waals surface area contributed by atoms with Crippen molar-refractivity contribution in [2.24, 2.45) is 0 Å². The van der Waals surface area contributed by atoms with E-state index in [0.29, 0.717) is 6.54 Å². The van der Waals surface area contributed by atoms with Crippen LogP contribution in [0, 0.1) is 11.6 Å². The number of anilines is 1. The maximum absolute atomic E-state index is 13.5. The average molecular weight is 319 g/mol. The lowest BCUT2D eigenvalue weighted by molar-refractivity contribution is 0.243. The average Bonchev–Trinajstić information content (AvgIpc) is 2.51. The molecule has 0 spiro atoms. The number of carbonyl (C=O) groups is 1. The van der Waals surface area contributed by atoms with Crippen molar-refractivity contribution in [2.75, 3.05) is 26.0 Å². The summed E-state index contributed by atoms with van der Waals surface area (Å²) in [5.41, 5.74) is 0.996. The van der Waals surface area contributed by atoms with Crippen LogP contribution >= 0.6 is 0 Å². The van der Waals surface area contributed by atoms with Gasteiger partial charge in [-0.3, -0.25) is 0 Å². The number of rotatable bonds is 5. The Balaban J connectivity index is 1.97. The van der Waals surface area contributed by atoms with Crippen molar-refractivity contribution in [2.45, 2.75) is 6.04 Å². The van der Waals surface area contributed by atoms with Crippen LogP contribution in [0.15, 0.2) is 48.5 Å². The minimum absolute atomic E-state index is 0.0139. The first-order chi connectivity index (χ1) is 11.0. The first-order valence-electron chi connectivity index (χ1n) is 7.18. The molecule has 2 N–H and O–H groups in total. The Hall–Kier alpha value is -2.47. The summed E-state index contributed by atoms with van der Waals surface area (Å²) in [4.78, 5) is 13.9. The Morgan fingerprint density at radius 1 is 1.13 bits per heavy atom. The van der Waals surface area contributed by atoms with Crippen LogP contribution in [0.5, 0.6) is 0 Å². The van der Waals surface area contributed by atoms with Gasteiger partial charge >= 0.3 is 6.03 Å².